The fourth-order valence-electron chi connectivity index (χ4n) is 3.04. The topological polar surface area (TPSA) is 68.5 Å². The number of hydrogen-bond donors (Lipinski definition) is 1. The molecule has 0 bridgehead atoms. The van der Waals surface area contributed by atoms with Crippen LogP contribution < -0.4 is 5.32 Å². The number of thiophene rings is 1. The van der Waals surface area contributed by atoms with Crippen molar-refractivity contribution in [1.29, 1.82) is 0 Å². The highest BCUT2D eigenvalue weighted by Crippen LogP contribution is 2.37. The molecule has 2 heterocycles. The van der Waals surface area contributed by atoms with Crippen molar-refractivity contribution in [2.45, 2.75) is 0 Å². The first-order chi connectivity index (χ1) is 15.0. The van der Waals surface area contributed by atoms with E-state index in [9.17, 15) is 9.59 Å². The maximum Gasteiger partial charge on any atom is 0.341 e. The van der Waals surface area contributed by atoms with E-state index in [4.69, 9.17) is 32.4 Å². The Morgan fingerprint density at radius 2 is 1.77 bits per heavy atom. The van der Waals surface area contributed by atoms with E-state index < -0.39 is 11.9 Å². The Labute approximate surface area is 192 Å². The van der Waals surface area contributed by atoms with Gasteiger partial charge in [0.1, 0.15) is 16.3 Å². The lowest BCUT2D eigenvalue weighted by Crippen LogP contribution is -2.13. The standard InChI is InChI=1S/C23H15Cl2NO4S/c1-29-23(28)20-16(13-5-3-2-4-6-13)12-31-22(20)26-21(27)19-10-9-18(30-19)15-11-14(24)7-8-17(15)25/h2-12H,1H3,(H,26,27). The Morgan fingerprint density at radius 1 is 1.00 bits per heavy atom. The van der Waals surface area contributed by atoms with Crippen molar-refractivity contribution in [2.75, 3.05) is 12.4 Å². The van der Waals surface area contributed by atoms with Gasteiger partial charge in [0.2, 0.25) is 0 Å². The van der Waals surface area contributed by atoms with Crippen molar-refractivity contribution in [3.05, 3.63) is 87.4 Å². The minimum absolute atomic E-state index is 0.0662. The summed E-state index contributed by atoms with van der Waals surface area (Å²) in [5.41, 5.74) is 2.39. The summed E-state index contributed by atoms with van der Waals surface area (Å²) in [6.45, 7) is 0. The number of methoxy groups -OCH3 is 1. The molecule has 0 aliphatic heterocycles. The number of anilines is 1. The number of benzene rings is 2. The van der Waals surface area contributed by atoms with Gasteiger partial charge in [-0.25, -0.2) is 4.79 Å². The summed E-state index contributed by atoms with van der Waals surface area (Å²) in [5.74, 6) is -0.573. The number of carbonyl (C=O) groups is 2. The molecule has 2 aromatic heterocycles. The molecule has 4 aromatic rings. The highest BCUT2D eigenvalue weighted by molar-refractivity contribution is 7.15. The van der Waals surface area contributed by atoms with Gasteiger partial charge in [-0.05, 0) is 35.9 Å². The molecule has 0 saturated carbocycles. The van der Waals surface area contributed by atoms with Gasteiger partial charge in [0, 0.05) is 21.5 Å². The molecule has 8 heteroatoms. The molecule has 31 heavy (non-hydrogen) atoms. The van der Waals surface area contributed by atoms with E-state index in [2.05, 4.69) is 5.32 Å². The fourth-order valence-corrected chi connectivity index (χ4v) is 4.38. The van der Waals surface area contributed by atoms with E-state index in [0.717, 1.165) is 5.56 Å². The number of ether oxygens (including phenoxy) is 1. The van der Waals surface area contributed by atoms with Gasteiger partial charge >= 0.3 is 5.97 Å². The van der Waals surface area contributed by atoms with Crippen LogP contribution in [0.3, 0.4) is 0 Å². The lowest BCUT2D eigenvalue weighted by molar-refractivity contribution is 0.0603. The second-order valence-electron chi connectivity index (χ2n) is 6.45. The molecule has 1 amide bonds. The zero-order valence-corrected chi connectivity index (χ0v) is 18.5. The van der Waals surface area contributed by atoms with Crippen LogP contribution >= 0.6 is 34.5 Å². The first-order valence-corrected chi connectivity index (χ1v) is 10.7. The smallest absolute Gasteiger partial charge is 0.341 e. The van der Waals surface area contributed by atoms with Crippen LogP contribution in [0.5, 0.6) is 0 Å². The molecule has 0 fully saturated rings. The Morgan fingerprint density at radius 3 is 2.52 bits per heavy atom. The molecule has 0 spiro atoms. The van der Waals surface area contributed by atoms with E-state index in [-0.39, 0.29) is 11.3 Å². The van der Waals surface area contributed by atoms with Crippen LogP contribution in [0.1, 0.15) is 20.9 Å². The minimum Gasteiger partial charge on any atom is -0.465 e. The molecule has 0 aliphatic rings. The third-order valence-electron chi connectivity index (χ3n) is 4.52. The predicted octanol–water partition coefficient (Wildman–Crippen LogP) is 7.02. The van der Waals surface area contributed by atoms with Crippen LogP contribution in [0.4, 0.5) is 5.00 Å². The third-order valence-corrected chi connectivity index (χ3v) is 5.98. The van der Waals surface area contributed by atoms with E-state index in [1.165, 1.54) is 24.5 Å². The van der Waals surface area contributed by atoms with E-state index in [1.54, 1.807) is 29.6 Å². The van der Waals surface area contributed by atoms with Crippen LogP contribution in [-0.4, -0.2) is 19.0 Å². The zero-order chi connectivity index (χ0) is 22.0. The van der Waals surface area contributed by atoms with Crippen LogP contribution in [-0.2, 0) is 4.74 Å². The molecule has 0 unspecified atom stereocenters. The molecular weight excluding hydrogens is 457 g/mol. The Bertz CT molecular complexity index is 1260. The maximum atomic E-state index is 12.8. The number of furan rings is 1. The van der Waals surface area contributed by atoms with Crippen molar-refractivity contribution in [2.24, 2.45) is 0 Å². The van der Waals surface area contributed by atoms with Gasteiger partial charge in [-0.2, -0.15) is 0 Å². The van der Waals surface area contributed by atoms with Gasteiger partial charge in [-0.1, -0.05) is 53.5 Å². The first-order valence-electron chi connectivity index (χ1n) is 9.09. The summed E-state index contributed by atoms with van der Waals surface area (Å²) >= 11 is 13.5. The molecule has 0 aliphatic carbocycles. The van der Waals surface area contributed by atoms with Gasteiger partial charge < -0.3 is 14.5 Å². The number of amides is 1. The number of halogens is 2. The van der Waals surface area contributed by atoms with Crippen LogP contribution in [0.2, 0.25) is 10.0 Å². The second kappa shape index (κ2) is 8.98. The van der Waals surface area contributed by atoms with E-state index >= 15 is 0 Å². The molecule has 1 N–H and O–H groups in total. The summed E-state index contributed by atoms with van der Waals surface area (Å²) in [6, 6.07) is 17.5. The summed E-state index contributed by atoms with van der Waals surface area (Å²) in [4.78, 5) is 25.3. The van der Waals surface area contributed by atoms with Crippen LogP contribution in [0, 0.1) is 0 Å². The van der Waals surface area contributed by atoms with Crippen molar-refractivity contribution in [3.63, 3.8) is 0 Å². The van der Waals surface area contributed by atoms with Crippen molar-refractivity contribution < 1.29 is 18.7 Å². The average Bonchev–Trinajstić information content (AvgIpc) is 3.43. The highest BCUT2D eigenvalue weighted by Gasteiger charge is 2.24. The number of hydrogen-bond acceptors (Lipinski definition) is 5. The van der Waals surface area contributed by atoms with Crippen molar-refractivity contribution in [3.8, 4) is 22.5 Å². The van der Waals surface area contributed by atoms with Crippen LogP contribution in [0.15, 0.2) is 70.5 Å². The largest absolute Gasteiger partial charge is 0.465 e. The van der Waals surface area contributed by atoms with Crippen molar-refractivity contribution in [1.82, 2.24) is 0 Å². The molecule has 0 saturated heterocycles. The monoisotopic (exact) mass is 471 g/mol. The van der Waals surface area contributed by atoms with E-state index in [0.29, 0.717) is 31.9 Å². The minimum atomic E-state index is -0.541. The fraction of sp³-hybridized carbons (Fsp3) is 0.0435. The maximum absolute atomic E-state index is 12.8. The zero-order valence-electron chi connectivity index (χ0n) is 16.1. The SMILES string of the molecule is COC(=O)c1c(-c2ccccc2)csc1NC(=O)c1ccc(-c2cc(Cl)ccc2Cl)o1. The number of esters is 1. The third kappa shape index (κ3) is 4.37. The van der Waals surface area contributed by atoms with Gasteiger partial charge in [0.05, 0.1) is 12.1 Å². The number of rotatable bonds is 5. The summed E-state index contributed by atoms with van der Waals surface area (Å²) in [7, 11) is 1.30. The molecule has 0 atom stereocenters. The second-order valence-corrected chi connectivity index (χ2v) is 8.18. The Balaban J connectivity index is 1.64. The molecule has 4 rings (SSSR count). The van der Waals surface area contributed by atoms with Gasteiger partial charge in [-0.3, -0.25) is 4.79 Å². The van der Waals surface area contributed by atoms with Gasteiger partial charge in [0.25, 0.3) is 5.91 Å². The summed E-state index contributed by atoms with van der Waals surface area (Å²) in [5, 5.41) is 5.87. The van der Waals surface area contributed by atoms with Crippen molar-refractivity contribution >= 4 is 51.4 Å². The molecule has 5 nitrogen and oxygen atoms in total. The Hall–Kier alpha value is -3.06. The van der Waals surface area contributed by atoms with Crippen LogP contribution in [0.25, 0.3) is 22.5 Å². The quantitative estimate of drug-likeness (QED) is 0.317. The normalized spacial score (nSPS) is 10.7. The number of nitrogens with one attached hydrogen (secondary N) is 1. The van der Waals surface area contributed by atoms with Gasteiger partial charge in [0.15, 0.2) is 5.76 Å². The predicted molar refractivity (Wildman–Crippen MR) is 123 cm³/mol. The number of carbonyl (C=O) groups excluding carboxylic acids is 2. The first kappa shape index (κ1) is 21.2. The molecular formula is C23H15Cl2NO4S. The van der Waals surface area contributed by atoms with Gasteiger partial charge in [-0.15, -0.1) is 11.3 Å². The average molecular weight is 472 g/mol. The molecule has 2 aromatic carbocycles. The lowest BCUT2D eigenvalue weighted by Gasteiger charge is -2.07. The summed E-state index contributed by atoms with van der Waals surface area (Å²) in [6.07, 6.45) is 0. The van der Waals surface area contributed by atoms with E-state index in [1.807, 2.05) is 30.3 Å². The molecule has 0 radical (unpaired) electrons. The molecule has 156 valence electrons. The Kier molecular flexibility index (Phi) is 6.13. The lowest BCUT2D eigenvalue weighted by atomic mass is 10.0. The highest BCUT2D eigenvalue weighted by atomic mass is 35.5. The summed E-state index contributed by atoms with van der Waals surface area (Å²) < 4.78 is 10.6.